The van der Waals surface area contributed by atoms with Gasteiger partial charge in [-0.25, -0.2) is 0 Å². The summed E-state index contributed by atoms with van der Waals surface area (Å²) in [5, 5.41) is 11.7. The molecule has 0 atom stereocenters. The van der Waals surface area contributed by atoms with E-state index >= 15 is 0 Å². The second-order valence-corrected chi connectivity index (χ2v) is 5.08. The molecule has 0 saturated heterocycles. The highest BCUT2D eigenvalue weighted by molar-refractivity contribution is 5.92. The molecule has 0 spiro atoms. The molecule has 0 unspecified atom stereocenters. The quantitative estimate of drug-likeness (QED) is 0.823. The first-order valence-corrected chi connectivity index (χ1v) is 7.37. The smallest absolute Gasteiger partial charge is 0.228 e. The molecule has 0 bridgehead atoms. The van der Waals surface area contributed by atoms with E-state index in [2.05, 4.69) is 5.32 Å². The Balaban J connectivity index is 1.99. The molecule has 0 radical (unpaired) electrons. The van der Waals surface area contributed by atoms with Gasteiger partial charge in [0.05, 0.1) is 20.6 Å². The summed E-state index contributed by atoms with van der Waals surface area (Å²) in [5.74, 6) is 1.13. The SMILES string of the molecule is COc1ccc(CC(=O)Nc2ccc(CCO)cc2)cc1OC. The zero-order valence-electron chi connectivity index (χ0n) is 13.3. The third-order valence-electron chi connectivity index (χ3n) is 3.45. The van der Waals surface area contributed by atoms with Crippen LogP contribution in [0.15, 0.2) is 42.5 Å². The minimum absolute atomic E-state index is 0.105. The predicted octanol–water partition coefficient (Wildman–Crippen LogP) is 2.42. The molecule has 122 valence electrons. The van der Waals surface area contributed by atoms with Crippen molar-refractivity contribution in [3.05, 3.63) is 53.6 Å². The van der Waals surface area contributed by atoms with Crippen LogP contribution in [-0.2, 0) is 17.6 Å². The third kappa shape index (κ3) is 4.72. The maximum absolute atomic E-state index is 12.1. The molecule has 0 aliphatic heterocycles. The predicted molar refractivity (Wildman–Crippen MR) is 89.1 cm³/mol. The van der Waals surface area contributed by atoms with Gasteiger partial charge in [-0.1, -0.05) is 18.2 Å². The van der Waals surface area contributed by atoms with E-state index in [1.165, 1.54) is 0 Å². The zero-order valence-corrected chi connectivity index (χ0v) is 13.3. The summed E-state index contributed by atoms with van der Waals surface area (Å²) >= 11 is 0. The number of methoxy groups -OCH3 is 2. The number of hydrogen-bond acceptors (Lipinski definition) is 4. The Morgan fingerprint density at radius 1 is 1.00 bits per heavy atom. The van der Waals surface area contributed by atoms with Crippen LogP contribution in [-0.4, -0.2) is 31.8 Å². The molecule has 2 rings (SSSR count). The topological polar surface area (TPSA) is 67.8 Å². The molecule has 23 heavy (non-hydrogen) atoms. The van der Waals surface area contributed by atoms with Crippen molar-refractivity contribution in [3.63, 3.8) is 0 Å². The summed E-state index contributed by atoms with van der Waals surface area (Å²) in [6.45, 7) is 0.116. The Bertz CT molecular complexity index is 653. The van der Waals surface area contributed by atoms with E-state index in [-0.39, 0.29) is 18.9 Å². The van der Waals surface area contributed by atoms with E-state index in [0.717, 1.165) is 16.8 Å². The highest BCUT2D eigenvalue weighted by Crippen LogP contribution is 2.27. The molecular weight excluding hydrogens is 294 g/mol. The van der Waals surface area contributed by atoms with Crippen molar-refractivity contribution >= 4 is 11.6 Å². The van der Waals surface area contributed by atoms with Crippen LogP contribution >= 0.6 is 0 Å². The average molecular weight is 315 g/mol. The van der Waals surface area contributed by atoms with Crippen molar-refractivity contribution in [3.8, 4) is 11.5 Å². The number of nitrogens with one attached hydrogen (secondary N) is 1. The zero-order chi connectivity index (χ0) is 16.7. The minimum Gasteiger partial charge on any atom is -0.493 e. The van der Waals surface area contributed by atoms with E-state index in [1.807, 2.05) is 30.3 Å². The first-order chi connectivity index (χ1) is 11.2. The van der Waals surface area contributed by atoms with Crippen molar-refractivity contribution in [1.29, 1.82) is 0 Å². The fraction of sp³-hybridized carbons (Fsp3) is 0.278. The average Bonchev–Trinajstić information content (AvgIpc) is 2.56. The summed E-state index contributed by atoms with van der Waals surface area (Å²) in [6, 6.07) is 12.9. The van der Waals surface area contributed by atoms with E-state index in [1.54, 1.807) is 26.4 Å². The molecule has 0 heterocycles. The number of aliphatic hydroxyl groups excluding tert-OH is 1. The Kier molecular flexibility index (Phi) is 6.00. The number of aliphatic hydroxyl groups is 1. The summed E-state index contributed by atoms with van der Waals surface area (Å²) in [7, 11) is 3.14. The number of carbonyl (C=O) groups excluding carboxylic acids is 1. The lowest BCUT2D eigenvalue weighted by Gasteiger charge is -2.10. The lowest BCUT2D eigenvalue weighted by atomic mass is 10.1. The van der Waals surface area contributed by atoms with Crippen LogP contribution in [0.1, 0.15) is 11.1 Å². The number of rotatable bonds is 7. The third-order valence-corrected chi connectivity index (χ3v) is 3.45. The van der Waals surface area contributed by atoms with Crippen molar-refractivity contribution < 1.29 is 19.4 Å². The fourth-order valence-electron chi connectivity index (χ4n) is 2.27. The first kappa shape index (κ1) is 16.8. The van der Waals surface area contributed by atoms with E-state index < -0.39 is 0 Å². The monoisotopic (exact) mass is 315 g/mol. The largest absolute Gasteiger partial charge is 0.493 e. The van der Waals surface area contributed by atoms with Crippen LogP contribution in [0.5, 0.6) is 11.5 Å². The highest BCUT2D eigenvalue weighted by Gasteiger charge is 2.08. The maximum Gasteiger partial charge on any atom is 0.228 e. The van der Waals surface area contributed by atoms with Gasteiger partial charge in [0.15, 0.2) is 11.5 Å². The maximum atomic E-state index is 12.1. The lowest BCUT2D eigenvalue weighted by Crippen LogP contribution is -2.14. The summed E-state index contributed by atoms with van der Waals surface area (Å²) < 4.78 is 10.4. The fourth-order valence-corrected chi connectivity index (χ4v) is 2.27. The molecule has 5 nitrogen and oxygen atoms in total. The van der Waals surface area contributed by atoms with Crippen molar-refractivity contribution in [2.75, 3.05) is 26.1 Å². The van der Waals surface area contributed by atoms with Gasteiger partial charge in [0.2, 0.25) is 5.91 Å². The molecule has 2 aromatic rings. The molecule has 2 N–H and O–H groups in total. The second-order valence-electron chi connectivity index (χ2n) is 5.08. The summed E-state index contributed by atoms with van der Waals surface area (Å²) in [5.41, 5.74) is 2.61. The minimum atomic E-state index is -0.105. The van der Waals surface area contributed by atoms with Crippen molar-refractivity contribution in [2.45, 2.75) is 12.8 Å². The lowest BCUT2D eigenvalue weighted by molar-refractivity contribution is -0.115. The van der Waals surface area contributed by atoms with Crippen LogP contribution in [0.2, 0.25) is 0 Å². The Hall–Kier alpha value is -2.53. The van der Waals surface area contributed by atoms with E-state index in [0.29, 0.717) is 17.9 Å². The van der Waals surface area contributed by atoms with Crippen LogP contribution in [0.4, 0.5) is 5.69 Å². The molecular formula is C18H21NO4. The van der Waals surface area contributed by atoms with Gasteiger partial charge in [-0.3, -0.25) is 4.79 Å². The number of carbonyl (C=O) groups is 1. The van der Waals surface area contributed by atoms with Gasteiger partial charge in [-0.2, -0.15) is 0 Å². The van der Waals surface area contributed by atoms with Crippen molar-refractivity contribution in [1.82, 2.24) is 0 Å². The molecule has 5 heteroatoms. The molecule has 2 aromatic carbocycles. The van der Waals surface area contributed by atoms with Gasteiger partial charge >= 0.3 is 0 Å². The normalized spacial score (nSPS) is 10.2. The molecule has 0 fully saturated rings. The number of amides is 1. The van der Waals surface area contributed by atoms with Gasteiger partial charge in [0.1, 0.15) is 0 Å². The van der Waals surface area contributed by atoms with Crippen LogP contribution in [0.25, 0.3) is 0 Å². The number of benzene rings is 2. The van der Waals surface area contributed by atoms with Gasteiger partial charge in [0, 0.05) is 12.3 Å². The molecule has 0 saturated carbocycles. The second kappa shape index (κ2) is 8.19. The number of anilines is 1. The molecule has 0 aliphatic carbocycles. The van der Waals surface area contributed by atoms with Gasteiger partial charge < -0.3 is 19.9 Å². The van der Waals surface area contributed by atoms with Crippen LogP contribution < -0.4 is 14.8 Å². The van der Waals surface area contributed by atoms with Crippen LogP contribution in [0.3, 0.4) is 0 Å². The standard InChI is InChI=1S/C18H21NO4/c1-22-16-8-5-14(11-17(16)23-2)12-18(21)19-15-6-3-13(4-7-15)9-10-20/h3-8,11,20H,9-10,12H2,1-2H3,(H,19,21). The Labute approximate surface area is 135 Å². The Morgan fingerprint density at radius 2 is 1.65 bits per heavy atom. The molecule has 0 aromatic heterocycles. The molecule has 1 amide bonds. The van der Waals surface area contributed by atoms with Gasteiger partial charge in [0.25, 0.3) is 0 Å². The Morgan fingerprint density at radius 3 is 2.26 bits per heavy atom. The van der Waals surface area contributed by atoms with Gasteiger partial charge in [-0.05, 0) is 41.8 Å². The van der Waals surface area contributed by atoms with Crippen LogP contribution in [0, 0.1) is 0 Å². The molecule has 0 aliphatic rings. The first-order valence-electron chi connectivity index (χ1n) is 7.37. The number of hydrogen-bond donors (Lipinski definition) is 2. The van der Waals surface area contributed by atoms with E-state index in [4.69, 9.17) is 14.6 Å². The summed E-state index contributed by atoms with van der Waals surface area (Å²) in [6.07, 6.45) is 0.860. The van der Waals surface area contributed by atoms with Gasteiger partial charge in [-0.15, -0.1) is 0 Å². The van der Waals surface area contributed by atoms with Crippen molar-refractivity contribution in [2.24, 2.45) is 0 Å². The summed E-state index contributed by atoms with van der Waals surface area (Å²) in [4.78, 5) is 12.1. The highest BCUT2D eigenvalue weighted by atomic mass is 16.5. The van der Waals surface area contributed by atoms with E-state index in [9.17, 15) is 4.79 Å². The number of ether oxygens (including phenoxy) is 2.